The van der Waals surface area contributed by atoms with Gasteiger partial charge in [-0.25, -0.2) is 4.39 Å². The molecule has 18 heavy (non-hydrogen) atoms. The van der Waals surface area contributed by atoms with Crippen LogP contribution in [0.15, 0.2) is 24.3 Å². The molecule has 0 unspecified atom stereocenters. The molecule has 0 bridgehead atoms. The monoisotopic (exact) mass is 271 g/mol. The summed E-state index contributed by atoms with van der Waals surface area (Å²) in [6.07, 6.45) is 1.13. The van der Waals surface area contributed by atoms with E-state index in [1.165, 1.54) is 12.1 Å². The predicted molar refractivity (Wildman–Crippen MR) is 72.2 cm³/mol. The second-order valence-electron chi connectivity index (χ2n) is 5.18. The van der Waals surface area contributed by atoms with Crippen molar-refractivity contribution < 1.29 is 9.18 Å². The number of carbonyl (C=O) groups is 1. The molecule has 0 saturated heterocycles. The Morgan fingerprint density at radius 2 is 1.94 bits per heavy atom. The van der Waals surface area contributed by atoms with Crippen LogP contribution in [0, 0.1) is 11.2 Å². The van der Waals surface area contributed by atoms with E-state index in [-0.39, 0.29) is 23.6 Å². The highest BCUT2D eigenvalue weighted by molar-refractivity contribution is 6.17. The van der Waals surface area contributed by atoms with E-state index in [2.05, 4.69) is 19.2 Å². The molecule has 0 fully saturated rings. The third-order valence-electron chi connectivity index (χ3n) is 2.81. The van der Waals surface area contributed by atoms with Gasteiger partial charge in [-0.1, -0.05) is 26.0 Å². The SMILES string of the molecule is CC(C)(CCCl)CNC(=O)Cc1ccc(F)cc1. The summed E-state index contributed by atoms with van der Waals surface area (Å²) < 4.78 is 12.7. The summed E-state index contributed by atoms with van der Waals surface area (Å²) in [6, 6.07) is 5.97. The minimum Gasteiger partial charge on any atom is -0.355 e. The number of hydrogen-bond acceptors (Lipinski definition) is 1. The number of carbonyl (C=O) groups excluding carboxylic acids is 1. The molecule has 1 aromatic rings. The van der Waals surface area contributed by atoms with Crippen molar-refractivity contribution in [2.24, 2.45) is 5.41 Å². The van der Waals surface area contributed by atoms with E-state index < -0.39 is 0 Å². The van der Waals surface area contributed by atoms with Crippen molar-refractivity contribution in [3.63, 3.8) is 0 Å². The lowest BCUT2D eigenvalue weighted by molar-refractivity contribution is -0.120. The first-order valence-corrected chi connectivity index (χ1v) is 6.53. The maximum absolute atomic E-state index is 12.7. The molecule has 0 aromatic heterocycles. The molecule has 1 amide bonds. The average molecular weight is 272 g/mol. The Balaban J connectivity index is 2.40. The van der Waals surface area contributed by atoms with E-state index in [0.717, 1.165) is 12.0 Å². The molecule has 2 nitrogen and oxygen atoms in total. The van der Waals surface area contributed by atoms with Crippen LogP contribution in [-0.2, 0) is 11.2 Å². The molecule has 1 aromatic carbocycles. The largest absolute Gasteiger partial charge is 0.355 e. The van der Waals surface area contributed by atoms with E-state index in [0.29, 0.717) is 12.4 Å². The second kappa shape index (κ2) is 6.74. The second-order valence-corrected chi connectivity index (χ2v) is 5.56. The molecule has 1 rings (SSSR count). The Hall–Kier alpha value is -1.09. The summed E-state index contributed by atoms with van der Waals surface area (Å²) in [6.45, 7) is 4.72. The molecule has 0 saturated carbocycles. The zero-order chi connectivity index (χ0) is 13.6. The van der Waals surface area contributed by atoms with Gasteiger partial charge in [0.1, 0.15) is 5.82 Å². The standard InChI is InChI=1S/C14H19ClFNO/c1-14(2,7-8-15)10-17-13(18)9-11-3-5-12(16)6-4-11/h3-6H,7-10H2,1-2H3,(H,17,18). The van der Waals surface area contributed by atoms with Crippen LogP contribution in [0.2, 0.25) is 0 Å². The van der Waals surface area contributed by atoms with Gasteiger partial charge in [-0.05, 0) is 29.5 Å². The molecule has 0 heterocycles. The fourth-order valence-electron chi connectivity index (χ4n) is 1.53. The molecule has 0 aliphatic carbocycles. The maximum atomic E-state index is 12.7. The number of amides is 1. The molecule has 100 valence electrons. The highest BCUT2D eigenvalue weighted by Crippen LogP contribution is 2.19. The molecule has 0 spiro atoms. The van der Waals surface area contributed by atoms with Gasteiger partial charge in [-0.15, -0.1) is 11.6 Å². The Bertz CT molecular complexity index is 389. The van der Waals surface area contributed by atoms with E-state index in [4.69, 9.17) is 11.6 Å². The van der Waals surface area contributed by atoms with Crippen molar-refractivity contribution >= 4 is 17.5 Å². The fourth-order valence-corrected chi connectivity index (χ4v) is 2.04. The van der Waals surface area contributed by atoms with E-state index >= 15 is 0 Å². The lowest BCUT2D eigenvalue weighted by Gasteiger charge is -2.23. The van der Waals surface area contributed by atoms with Crippen molar-refractivity contribution in [1.82, 2.24) is 5.32 Å². The van der Waals surface area contributed by atoms with Gasteiger partial charge in [0.2, 0.25) is 5.91 Å². The van der Waals surface area contributed by atoms with Crippen molar-refractivity contribution in [3.8, 4) is 0 Å². The Morgan fingerprint density at radius 1 is 1.33 bits per heavy atom. The van der Waals surface area contributed by atoms with Gasteiger partial charge in [0.15, 0.2) is 0 Å². The summed E-state index contributed by atoms with van der Waals surface area (Å²) in [5, 5.41) is 2.88. The van der Waals surface area contributed by atoms with Gasteiger partial charge in [0, 0.05) is 12.4 Å². The average Bonchev–Trinajstić information content (AvgIpc) is 2.30. The van der Waals surface area contributed by atoms with Gasteiger partial charge < -0.3 is 5.32 Å². The highest BCUT2D eigenvalue weighted by atomic mass is 35.5. The Kier molecular flexibility index (Phi) is 5.60. The van der Waals surface area contributed by atoms with Crippen LogP contribution in [0.1, 0.15) is 25.8 Å². The Labute approximate surface area is 113 Å². The molecular weight excluding hydrogens is 253 g/mol. The third kappa shape index (κ3) is 5.50. The van der Waals surface area contributed by atoms with E-state index in [1.807, 2.05) is 0 Å². The molecule has 0 atom stereocenters. The normalized spacial score (nSPS) is 11.3. The topological polar surface area (TPSA) is 29.1 Å². The maximum Gasteiger partial charge on any atom is 0.224 e. The number of halogens is 2. The number of rotatable bonds is 6. The van der Waals surface area contributed by atoms with Crippen LogP contribution in [0.5, 0.6) is 0 Å². The van der Waals surface area contributed by atoms with Crippen LogP contribution in [-0.4, -0.2) is 18.3 Å². The first kappa shape index (κ1) is 15.0. The molecule has 4 heteroatoms. The van der Waals surface area contributed by atoms with Gasteiger partial charge in [-0.3, -0.25) is 4.79 Å². The van der Waals surface area contributed by atoms with E-state index in [1.54, 1.807) is 12.1 Å². The van der Waals surface area contributed by atoms with Gasteiger partial charge in [-0.2, -0.15) is 0 Å². The van der Waals surface area contributed by atoms with Gasteiger partial charge in [0.25, 0.3) is 0 Å². The first-order valence-electron chi connectivity index (χ1n) is 6.00. The van der Waals surface area contributed by atoms with Crippen LogP contribution in [0.3, 0.4) is 0 Å². The fraction of sp³-hybridized carbons (Fsp3) is 0.500. The summed E-state index contributed by atoms with van der Waals surface area (Å²) in [5.74, 6) is 0.243. The van der Waals surface area contributed by atoms with Crippen LogP contribution >= 0.6 is 11.6 Å². The van der Waals surface area contributed by atoms with E-state index in [9.17, 15) is 9.18 Å². The summed E-state index contributed by atoms with van der Waals surface area (Å²) >= 11 is 5.70. The van der Waals surface area contributed by atoms with Crippen LogP contribution < -0.4 is 5.32 Å². The zero-order valence-electron chi connectivity index (χ0n) is 10.8. The third-order valence-corrected chi connectivity index (χ3v) is 3.00. The minimum atomic E-state index is -0.289. The van der Waals surface area contributed by atoms with Crippen molar-refractivity contribution in [3.05, 3.63) is 35.6 Å². The quantitative estimate of drug-likeness (QED) is 0.792. The smallest absolute Gasteiger partial charge is 0.224 e. The first-order chi connectivity index (χ1) is 8.43. The summed E-state index contributed by atoms with van der Waals surface area (Å²) in [4.78, 5) is 11.7. The molecule has 0 aliphatic heterocycles. The van der Waals surface area contributed by atoms with Crippen molar-refractivity contribution in [1.29, 1.82) is 0 Å². The zero-order valence-corrected chi connectivity index (χ0v) is 11.6. The molecule has 0 aliphatic rings. The predicted octanol–water partition coefficient (Wildman–Crippen LogP) is 3.14. The van der Waals surface area contributed by atoms with Crippen molar-refractivity contribution in [2.45, 2.75) is 26.7 Å². The van der Waals surface area contributed by atoms with Crippen molar-refractivity contribution in [2.75, 3.05) is 12.4 Å². The number of hydrogen-bond donors (Lipinski definition) is 1. The van der Waals surface area contributed by atoms with Gasteiger partial charge >= 0.3 is 0 Å². The lowest BCUT2D eigenvalue weighted by Crippen LogP contribution is -2.35. The highest BCUT2D eigenvalue weighted by Gasteiger charge is 2.17. The summed E-state index contributed by atoms with van der Waals surface area (Å²) in [7, 11) is 0. The van der Waals surface area contributed by atoms with Gasteiger partial charge in [0.05, 0.1) is 6.42 Å². The molecular formula is C14H19ClFNO. The molecule has 1 N–H and O–H groups in total. The number of benzene rings is 1. The minimum absolute atomic E-state index is 0.000204. The number of alkyl halides is 1. The lowest BCUT2D eigenvalue weighted by atomic mass is 9.90. The Morgan fingerprint density at radius 3 is 2.50 bits per heavy atom. The number of nitrogens with one attached hydrogen (secondary N) is 1. The molecule has 0 radical (unpaired) electrons. The van der Waals surface area contributed by atoms with Crippen LogP contribution in [0.25, 0.3) is 0 Å². The summed E-state index contributed by atoms with van der Waals surface area (Å²) in [5.41, 5.74) is 0.810. The van der Waals surface area contributed by atoms with Crippen LogP contribution in [0.4, 0.5) is 4.39 Å².